The minimum absolute atomic E-state index is 0.867. The summed E-state index contributed by atoms with van der Waals surface area (Å²) in [4.78, 5) is 0. The second kappa shape index (κ2) is 11.7. The maximum atomic E-state index is 3.60. The molecule has 2 heteroatoms. The molecule has 0 aromatic heterocycles. The average Bonchev–Trinajstić information content (AvgIpc) is 2.65. The van der Waals surface area contributed by atoms with Crippen molar-refractivity contribution >= 4 is 5.69 Å². The van der Waals surface area contributed by atoms with Crippen LogP contribution in [0.5, 0.6) is 0 Å². The Morgan fingerprint density at radius 3 is 1.96 bits per heavy atom. The Bertz CT molecular complexity index is 524. The maximum absolute atomic E-state index is 3.60. The van der Waals surface area contributed by atoms with Gasteiger partial charge in [-0.2, -0.15) is 0 Å². The number of nitrogens with zero attached hydrogens (tertiary/aromatic N) is 1. The highest BCUT2D eigenvalue weighted by atomic mass is 15.5. The molecule has 24 heavy (non-hydrogen) atoms. The summed E-state index contributed by atoms with van der Waals surface area (Å²) in [5.74, 6) is 0. The van der Waals surface area contributed by atoms with Crippen LogP contribution in [0.2, 0.25) is 0 Å². The Kier molecular flexibility index (Phi) is 9.03. The van der Waals surface area contributed by atoms with Gasteiger partial charge in [0.15, 0.2) is 0 Å². The van der Waals surface area contributed by atoms with Gasteiger partial charge >= 0.3 is 0 Å². The van der Waals surface area contributed by atoms with Crippen molar-refractivity contribution in [2.75, 3.05) is 11.6 Å². The highest BCUT2D eigenvalue weighted by Crippen LogP contribution is 2.14. The normalized spacial score (nSPS) is 10.7. The number of hydrazine groups is 1. The lowest BCUT2D eigenvalue weighted by Crippen LogP contribution is -2.38. The molecule has 2 aromatic carbocycles. The third-order valence-electron chi connectivity index (χ3n) is 4.37. The molecule has 2 nitrogen and oxygen atoms in total. The van der Waals surface area contributed by atoms with Crippen LogP contribution >= 0.6 is 0 Å². The molecule has 0 aliphatic carbocycles. The zero-order valence-electron chi connectivity index (χ0n) is 15.1. The van der Waals surface area contributed by atoms with Crippen LogP contribution in [0, 0.1) is 0 Å². The first-order valence-corrected chi connectivity index (χ1v) is 9.50. The standard InChI is InChI=1S/C22H32N2/c1-2-3-4-5-6-7-14-19-24(22-17-12-9-13-18-22)23-20-21-15-10-8-11-16-21/h8-13,15-18,23H,2-7,14,19-20H2,1H3. The molecule has 1 N–H and O–H groups in total. The van der Waals surface area contributed by atoms with Crippen LogP contribution in [0.15, 0.2) is 60.7 Å². The first-order valence-electron chi connectivity index (χ1n) is 9.50. The van der Waals surface area contributed by atoms with E-state index < -0.39 is 0 Å². The Morgan fingerprint density at radius 2 is 1.29 bits per heavy atom. The van der Waals surface area contributed by atoms with Gasteiger partial charge in [-0.15, -0.1) is 0 Å². The van der Waals surface area contributed by atoms with Gasteiger partial charge in [-0.3, -0.25) is 0 Å². The van der Waals surface area contributed by atoms with E-state index >= 15 is 0 Å². The molecule has 0 spiro atoms. The Labute approximate surface area is 147 Å². The van der Waals surface area contributed by atoms with Crippen LogP contribution in [-0.2, 0) is 6.54 Å². The summed E-state index contributed by atoms with van der Waals surface area (Å²) in [6.45, 7) is 4.20. The van der Waals surface area contributed by atoms with Crippen molar-refractivity contribution in [3.63, 3.8) is 0 Å². The molecule has 130 valence electrons. The maximum Gasteiger partial charge on any atom is 0.0519 e. The van der Waals surface area contributed by atoms with E-state index in [9.17, 15) is 0 Å². The van der Waals surface area contributed by atoms with E-state index in [1.807, 2.05) is 0 Å². The van der Waals surface area contributed by atoms with Crippen LogP contribution < -0.4 is 10.4 Å². The predicted octanol–water partition coefficient (Wildman–Crippen LogP) is 5.95. The van der Waals surface area contributed by atoms with Crippen LogP contribution in [0.1, 0.15) is 57.4 Å². The van der Waals surface area contributed by atoms with E-state index in [4.69, 9.17) is 0 Å². The smallest absolute Gasteiger partial charge is 0.0519 e. The van der Waals surface area contributed by atoms with Gasteiger partial charge in [0.1, 0.15) is 0 Å². The fourth-order valence-corrected chi connectivity index (χ4v) is 2.92. The minimum atomic E-state index is 0.867. The van der Waals surface area contributed by atoms with E-state index in [0.717, 1.165) is 13.1 Å². The molecule has 0 aliphatic rings. The zero-order valence-corrected chi connectivity index (χ0v) is 15.1. The second-order valence-electron chi connectivity index (χ2n) is 6.43. The van der Waals surface area contributed by atoms with Crippen molar-refractivity contribution in [2.24, 2.45) is 0 Å². The number of hydrogen-bond acceptors (Lipinski definition) is 2. The summed E-state index contributed by atoms with van der Waals surface area (Å²) < 4.78 is 0. The Hall–Kier alpha value is -1.80. The van der Waals surface area contributed by atoms with Crippen molar-refractivity contribution in [3.05, 3.63) is 66.2 Å². The van der Waals surface area contributed by atoms with Crippen LogP contribution in [0.3, 0.4) is 0 Å². The van der Waals surface area contributed by atoms with Gasteiger partial charge in [0, 0.05) is 13.1 Å². The Balaban J connectivity index is 1.78. The summed E-state index contributed by atoms with van der Waals surface area (Å²) >= 11 is 0. The average molecular weight is 325 g/mol. The number of rotatable bonds is 12. The molecule has 2 aromatic rings. The second-order valence-corrected chi connectivity index (χ2v) is 6.43. The van der Waals surface area contributed by atoms with Crippen LogP contribution in [0.25, 0.3) is 0 Å². The first kappa shape index (κ1) is 18.5. The van der Waals surface area contributed by atoms with Crippen molar-refractivity contribution in [1.29, 1.82) is 0 Å². The van der Waals surface area contributed by atoms with E-state index in [1.54, 1.807) is 0 Å². The summed E-state index contributed by atoms with van der Waals surface area (Å²) in [5.41, 5.74) is 6.16. The highest BCUT2D eigenvalue weighted by molar-refractivity contribution is 5.44. The van der Waals surface area contributed by atoms with Crippen LogP contribution in [-0.4, -0.2) is 6.54 Å². The van der Waals surface area contributed by atoms with Gasteiger partial charge in [0.05, 0.1) is 5.69 Å². The lowest BCUT2D eigenvalue weighted by molar-refractivity contribution is 0.554. The van der Waals surface area contributed by atoms with Gasteiger partial charge in [-0.05, 0) is 24.1 Å². The van der Waals surface area contributed by atoms with Gasteiger partial charge in [-0.1, -0.05) is 94.0 Å². The number of unbranched alkanes of at least 4 members (excludes halogenated alkanes) is 6. The lowest BCUT2D eigenvalue weighted by Gasteiger charge is -2.26. The van der Waals surface area contributed by atoms with Gasteiger partial charge in [-0.25, -0.2) is 5.43 Å². The van der Waals surface area contributed by atoms with E-state index in [2.05, 4.69) is 78.0 Å². The minimum Gasteiger partial charge on any atom is -0.308 e. The quantitative estimate of drug-likeness (QED) is 0.383. The molecule has 2 rings (SSSR count). The molecule has 0 fully saturated rings. The number of benzene rings is 2. The van der Waals surface area contributed by atoms with Crippen molar-refractivity contribution in [3.8, 4) is 0 Å². The van der Waals surface area contributed by atoms with Gasteiger partial charge in [0.2, 0.25) is 0 Å². The molecule has 0 saturated heterocycles. The summed E-state index contributed by atoms with van der Waals surface area (Å²) in [6, 6.07) is 21.3. The SMILES string of the molecule is CCCCCCCCCN(NCc1ccccc1)c1ccccc1. The molecular formula is C22H32N2. The molecule has 0 atom stereocenters. The third kappa shape index (κ3) is 7.18. The van der Waals surface area contributed by atoms with Crippen molar-refractivity contribution in [1.82, 2.24) is 5.43 Å². The zero-order chi connectivity index (χ0) is 16.9. The number of hydrogen-bond donors (Lipinski definition) is 1. The third-order valence-corrected chi connectivity index (χ3v) is 4.37. The van der Waals surface area contributed by atoms with Crippen molar-refractivity contribution in [2.45, 2.75) is 58.4 Å². The topological polar surface area (TPSA) is 15.3 Å². The summed E-state index contributed by atoms with van der Waals surface area (Å²) in [5, 5.41) is 2.30. The highest BCUT2D eigenvalue weighted by Gasteiger charge is 2.05. The fourth-order valence-electron chi connectivity index (χ4n) is 2.92. The van der Waals surface area contributed by atoms with E-state index in [1.165, 1.54) is 56.2 Å². The number of nitrogens with one attached hydrogen (secondary N) is 1. The first-order chi connectivity index (χ1) is 11.9. The largest absolute Gasteiger partial charge is 0.308 e. The molecule has 0 heterocycles. The van der Waals surface area contributed by atoms with Crippen molar-refractivity contribution < 1.29 is 0 Å². The van der Waals surface area contributed by atoms with Gasteiger partial charge in [0.25, 0.3) is 0 Å². The molecule has 0 radical (unpaired) electrons. The monoisotopic (exact) mass is 324 g/mol. The molecular weight excluding hydrogens is 292 g/mol. The summed E-state index contributed by atoms with van der Waals surface area (Å²) in [7, 11) is 0. The van der Waals surface area contributed by atoms with Crippen LogP contribution in [0.4, 0.5) is 5.69 Å². The Morgan fingerprint density at radius 1 is 0.708 bits per heavy atom. The fraction of sp³-hybridized carbons (Fsp3) is 0.455. The van der Waals surface area contributed by atoms with E-state index in [-0.39, 0.29) is 0 Å². The number of para-hydroxylation sites is 1. The molecule has 0 unspecified atom stereocenters. The van der Waals surface area contributed by atoms with E-state index in [0.29, 0.717) is 0 Å². The number of anilines is 1. The molecule has 0 saturated carbocycles. The molecule has 0 bridgehead atoms. The molecule has 0 amide bonds. The molecule has 0 aliphatic heterocycles. The summed E-state index contributed by atoms with van der Waals surface area (Å²) in [6.07, 6.45) is 9.41. The predicted molar refractivity (Wildman–Crippen MR) is 105 cm³/mol. The van der Waals surface area contributed by atoms with Gasteiger partial charge < -0.3 is 5.01 Å². The lowest BCUT2D eigenvalue weighted by atomic mass is 10.1.